The third-order valence-electron chi connectivity index (χ3n) is 19.2. The molecular formula is C63H110BN3O15Si2. The van der Waals surface area contributed by atoms with Gasteiger partial charge >= 0.3 is 12.1 Å². The number of allylic oxidation sites excluding steroid dienone is 3. The lowest BCUT2D eigenvalue weighted by atomic mass is 9.81. The SMILES string of the molecule is [B]C(=O)NCCCCCCNC(=O)OCCC1/C=C(\C)C[C@H](C)C[C@H](OC)[C@H]2O[C@@](O)(C(=O)C(=O)N3CCCC[C@H]3C(=O)OC(/C(C)=C/[C@@H]3CC[C@@H](O[Si](C)(C)C(C)(C)C)[C@H](OC)C3)[C@H](C)[C@H](O[Si](C)(C)C(C)(C)C)CC1=O)[C@H](C)C[C@@H]2OC. The van der Waals surface area contributed by atoms with Gasteiger partial charge in [0.1, 0.15) is 24.0 Å². The number of rotatable bonds is 19. The first-order valence-corrected chi connectivity index (χ1v) is 37.1. The summed E-state index contributed by atoms with van der Waals surface area (Å²) in [5, 5.41) is 17.5. The van der Waals surface area contributed by atoms with Crippen LogP contribution in [0.1, 0.15) is 172 Å². The van der Waals surface area contributed by atoms with Crippen molar-refractivity contribution in [2.24, 2.45) is 29.6 Å². The fourth-order valence-electron chi connectivity index (χ4n) is 12.0. The van der Waals surface area contributed by atoms with E-state index in [1.165, 1.54) is 19.1 Å². The molecule has 4 aliphatic rings. The molecule has 3 amide bonds. The molecule has 3 heterocycles. The maximum atomic E-state index is 15.4. The minimum atomic E-state index is -2.70. The van der Waals surface area contributed by atoms with Crippen LogP contribution in [0, 0.1) is 29.6 Å². The van der Waals surface area contributed by atoms with Gasteiger partial charge in [-0.2, -0.15) is 0 Å². The van der Waals surface area contributed by atoms with Crippen molar-refractivity contribution >= 4 is 59.8 Å². The number of hydrogen-bond acceptors (Lipinski definition) is 15. The number of methoxy groups -OCH3 is 3. The molecule has 4 rings (SSSR count). The molecule has 18 nitrogen and oxygen atoms in total. The monoisotopic (exact) mass is 1220 g/mol. The maximum Gasteiger partial charge on any atom is 0.407 e. The van der Waals surface area contributed by atoms with E-state index in [9.17, 15) is 24.3 Å². The number of cyclic esters (lactones) is 1. The average molecular weight is 1220 g/mol. The molecule has 0 aromatic carbocycles. The van der Waals surface area contributed by atoms with Crippen molar-refractivity contribution in [3.63, 3.8) is 0 Å². The highest BCUT2D eigenvalue weighted by Crippen LogP contribution is 2.44. The molecule has 0 spiro atoms. The number of carbonyl (C=O) groups excluding carboxylic acids is 6. The Morgan fingerprint density at radius 1 is 0.786 bits per heavy atom. The number of fused-ring (bicyclic) bond motifs is 3. The van der Waals surface area contributed by atoms with E-state index in [0.717, 1.165) is 43.3 Å². The van der Waals surface area contributed by atoms with Gasteiger partial charge in [0.25, 0.3) is 11.7 Å². The largest absolute Gasteiger partial charge is 0.456 e. The second-order valence-corrected chi connectivity index (χ2v) is 37.5. The summed E-state index contributed by atoms with van der Waals surface area (Å²) in [6.07, 6.45) is 7.26. The number of esters is 1. The highest BCUT2D eigenvalue weighted by Gasteiger charge is 2.57. The lowest BCUT2D eigenvalue weighted by molar-refractivity contribution is -0.302. The third-order valence-corrected chi connectivity index (χ3v) is 28.2. The van der Waals surface area contributed by atoms with E-state index in [4.69, 9.17) is 45.1 Å². The summed E-state index contributed by atoms with van der Waals surface area (Å²) in [5.74, 6) is -8.41. The van der Waals surface area contributed by atoms with Gasteiger partial charge in [0.15, 0.2) is 30.3 Å². The van der Waals surface area contributed by atoms with E-state index >= 15 is 9.59 Å². The first-order valence-electron chi connectivity index (χ1n) is 31.3. The number of amides is 3. The van der Waals surface area contributed by atoms with Crippen molar-refractivity contribution < 1.29 is 71.1 Å². The van der Waals surface area contributed by atoms with E-state index < -0.39 is 106 Å². The smallest absolute Gasteiger partial charge is 0.407 e. The Labute approximate surface area is 508 Å². The molecule has 2 unspecified atom stereocenters. The Morgan fingerprint density at radius 2 is 1.37 bits per heavy atom. The Balaban J connectivity index is 1.84. The van der Waals surface area contributed by atoms with Crippen LogP contribution in [0.25, 0.3) is 0 Å². The molecule has 84 heavy (non-hydrogen) atoms. The zero-order valence-corrected chi connectivity index (χ0v) is 56.8. The van der Waals surface area contributed by atoms with Crippen LogP contribution in [0.2, 0.25) is 36.3 Å². The fraction of sp³-hybridized carbons (Fsp3) is 0.841. The minimum absolute atomic E-state index is 0.00918. The molecule has 3 aliphatic heterocycles. The number of hydrogen-bond donors (Lipinski definition) is 3. The van der Waals surface area contributed by atoms with E-state index in [-0.39, 0.29) is 78.7 Å². The number of aliphatic hydroxyl groups is 1. The number of nitrogens with zero attached hydrogens (tertiary/aromatic N) is 1. The number of nitrogens with one attached hydrogen (secondary N) is 2. The van der Waals surface area contributed by atoms with Crippen molar-refractivity contribution in [2.75, 3.05) is 47.6 Å². The predicted octanol–water partition coefficient (Wildman–Crippen LogP) is 10.7. The van der Waals surface area contributed by atoms with Gasteiger partial charge in [0.2, 0.25) is 5.79 Å². The van der Waals surface area contributed by atoms with E-state index in [0.29, 0.717) is 51.6 Å². The second kappa shape index (κ2) is 32.3. The van der Waals surface area contributed by atoms with Crippen LogP contribution in [0.3, 0.4) is 0 Å². The van der Waals surface area contributed by atoms with Crippen LogP contribution in [0.4, 0.5) is 9.59 Å². The number of carbonyl (C=O) groups is 6. The first-order chi connectivity index (χ1) is 39.1. The number of ether oxygens (including phenoxy) is 6. The van der Waals surface area contributed by atoms with Crippen LogP contribution >= 0.6 is 0 Å². The van der Waals surface area contributed by atoms with Crippen LogP contribution in [-0.2, 0) is 56.5 Å². The summed E-state index contributed by atoms with van der Waals surface area (Å²) >= 11 is 0. The topological polar surface area (TPSA) is 224 Å². The van der Waals surface area contributed by atoms with Crippen molar-refractivity contribution in [2.45, 2.75) is 263 Å². The van der Waals surface area contributed by atoms with Crippen molar-refractivity contribution in [1.82, 2.24) is 15.5 Å². The molecule has 0 aromatic heterocycles. The number of alkyl carbamates (subject to hydrolysis) is 1. The Morgan fingerprint density at radius 3 is 1.95 bits per heavy atom. The summed E-state index contributed by atoms with van der Waals surface area (Å²) in [7, 11) is 5.12. The standard InChI is InChI=1S/C63H110BN3O15Si2/c1-40-33-41(2)35-52(76-13)55-53(77-14)37-43(4)63(74,80-55)56(69)57(70)67-31-24-21-25-47(67)58(71)79-54(42(3)36-45-26-27-49(51(38-45)75-12)81-83(15,16)61(6,7)8)44(5)50(82-84(17,18)62(9,10)11)39-48(68)46(34-40)28-32-78-60(73)66-30-23-20-19-22-29-65-59(64)72/h34,36,41,43-47,49-55,74H,19-33,35,37-39H2,1-18H3,(H,65,72)(H,66,73)/b40-34+,42-36+/t41-,43+,44+,45-,46?,47-,49+,50+,51+,52-,53-,54?,55+,63+/m0/s1. The summed E-state index contributed by atoms with van der Waals surface area (Å²) in [4.78, 5) is 85.5. The van der Waals surface area contributed by atoms with Crippen molar-refractivity contribution in [3.05, 3.63) is 23.3 Å². The summed E-state index contributed by atoms with van der Waals surface area (Å²) in [6, 6.07) is -1.17. The normalized spacial score (nSPS) is 32.3. The van der Waals surface area contributed by atoms with Crippen molar-refractivity contribution in [1.29, 1.82) is 0 Å². The van der Waals surface area contributed by atoms with E-state index in [1.807, 2.05) is 33.8 Å². The number of Topliss-reactive ketones (excluding diaryl/α,β-unsaturated/α-hetero) is 2. The number of unbranched alkanes of at least 4 members (excludes halogenated alkanes) is 3. The van der Waals surface area contributed by atoms with Gasteiger partial charge < -0.3 is 57.9 Å². The van der Waals surface area contributed by atoms with Gasteiger partial charge in [-0.05, 0) is 145 Å². The molecule has 3 N–H and O–H groups in total. The molecular weight excluding hydrogens is 1110 g/mol. The van der Waals surface area contributed by atoms with Crippen LogP contribution in [0.5, 0.6) is 0 Å². The fourth-order valence-corrected chi connectivity index (χ4v) is 14.8. The lowest BCUT2D eigenvalue weighted by Gasteiger charge is -2.47. The summed E-state index contributed by atoms with van der Waals surface area (Å²) in [5.41, 5.74) is 1.66. The molecule has 0 aromatic rings. The summed E-state index contributed by atoms with van der Waals surface area (Å²) < 4.78 is 51.4. The van der Waals surface area contributed by atoms with Gasteiger partial charge in [-0.15, -0.1) is 0 Å². The second-order valence-electron chi connectivity index (χ2n) is 28.0. The zero-order chi connectivity index (χ0) is 63.1. The molecule has 21 heteroatoms. The molecule has 2 saturated heterocycles. The molecule has 1 aliphatic carbocycles. The number of ketones is 2. The van der Waals surface area contributed by atoms with Gasteiger partial charge in [0.05, 0.1) is 37.1 Å². The summed E-state index contributed by atoms with van der Waals surface area (Å²) in [6.45, 7) is 32.4. The number of piperidine rings is 1. The predicted molar refractivity (Wildman–Crippen MR) is 331 cm³/mol. The van der Waals surface area contributed by atoms with E-state index in [2.05, 4.69) is 84.4 Å². The molecule has 1 saturated carbocycles. The van der Waals surface area contributed by atoms with Crippen molar-refractivity contribution in [3.8, 4) is 0 Å². The Hall–Kier alpha value is -3.28. The highest BCUT2D eigenvalue weighted by atomic mass is 28.4. The maximum absolute atomic E-state index is 15.4. The minimum Gasteiger partial charge on any atom is -0.456 e. The average Bonchev–Trinajstić information content (AvgIpc) is 2.39. The third kappa shape index (κ3) is 20.4. The molecule has 14 atom stereocenters. The van der Waals surface area contributed by atoms with Gasteiger partial charge in [-0.1, -0.05) is 92.9 Å². The molecule has 2 radical (unpaired) electrons. The highest BCUT2D eigenvalue weighted by molar-refractivity contribution is 6.74. The van der Waals surface area contributed by atoms with Gasteiger partial charge in [-0.3, -0.25) is 19.2 Å². The first kappa shape index (κ1) is 73.2. The van der Waals surface area contributed by atoms with Gasteiger partial charge in [0, 0.05) is 65.1 Å². The molecule has 2 bridgehead atoms. The lowest BCUT2D eigenvalue weighted by Crippen LogP contribution is -2.64. The van der Waals surface area contributed by atoms with E-state index in [1.54, 1.807) is 14.0 Å². The van der Waals surface area contributed by atoms with Crippen LogP contribution in [0.15, 0.2) is 23.3 Å². The van der Waals surface area contributed by atoms with Gasteiger partial charge in [-0.25, -0.2) is 9.59 Å². The van der Waals surface area contributed by atoms with Crippen LogP contribution in [-0.4, -0.2) is 172 Å². The van der Waals surface area contributed by atoms with Crippen LogP contribution < -0.4 is 10.6 Å². The Bertz CT molecular complexity index is 2250. The quantitative estimate of drug-likeness (QED) is 0.0360. The Kier molecular flexibility index (Phi) is 28.1. The molecule has 3 fully saturated rings. The zero-order valence-electron chi connectivity index (χ0n) is 54.8. The molecule has 478 valence electrons.